The van der Waals surface area contributed by atoms with Crippen molar-refractivity contribution in [2.24, 2.45) is 0 Å². The van der Waals surface area contributed by atoms with Gasteiger partial charge in [0.25, 0.3) is 0 Å². The van der Waals surface area contributed by atoms with Gasteiger partial charge in [0.1, 0.15) is 12.4 Å². The van der Waals surface area contributed by atoms with Gasteiger partial charge < -0.3 is 10.1 Å². The predicted octanol–water partition coefficient (Wildman–Crippen LogP) is 2.36. The minimum atomic E-state index is 0.303. The van der Waals surface area contributed by atoms with Crippen LogP contribution in [0.15, 0.2) is 36.4 Å². The van der Waals surface area contributed by atoms with Gasteiger partial charge in [-0.15, -0.1) is 6.42 Å². The van der Waals surface area contributed by atoms with Crippen molar-refractivity contribution >= 4 is 0 Å². The Labute approximate surface area is 97.3 Å². The average Bonchev–Trinajstić information content (AvgIpc) is 2.27. The SMILES string of the molecule is C#CCOc1ccccc1CNCC(=C)C. The minimum Gasteiger partial charge on any atom is -0.481 e. The van der Waals surface area contributed by atoms with Crippen molar-refractivity contribution in [3.8, 4) is 18.1 Å². The Balaban J connectivity index is 2.57. The predicted molar refractivity (Wildman–Crippen MR) is 67.3 cm³/mol. The number of hydrogen-bond acceptors (Lipinski definition) is 2. The fourth-order valence-corrected chi connectivity index (χ4v) is 1.32. The Morgan fingerprint density at radius 1 is 1.50 bits per heavy atom. The van der Waals surface area contributed by atoms with E-state index in [1.165, 1.54) is 0 Å². The molecule has 0 spiro atoms. The Morgan fingerprint density at radius 2 is 2.25 bits per heavy atom. The number of rotatable bonds is 6. The van der Waals surface area contributed by atoms with Gasteiger partial charge in [-0.2, -0.15) is 0 Å². The van der Waals surface area contributed by atoms with Crippen LogP contribution in [0.2, 0.25) is 0 Å². The molecule has 0 bridgehead atoms. The molecule has 0 aliphatic carbocycles. The third-order valence-corrected chi connectivity index (χ3v) is 2.03. The van der Waals surface area contributed by atoms with Crippen LogP contribution in [-0.2, 0) is 6.54 Å². The maximum absolute atomic E-state index is 5.45. The molecule has 0 radical (unpaired) electrons. The van der Waals surface area contributed by atoms with Crippen molar-refractivity contribution in [1.29, 1.82) is 0 Å². The lowest BCUT2D eigenvalue weighted by molar-refractivity contribution is 0.365. The quantitative estimate of drug-likeness (QED) is 0.581. The molecular formula is C14H17NO. The second-order valence-corrected chi connectivity index (χ2v) is 3.66. The van der Waals surface area contributed by atoms with E-state index in [-0.39, 0.29) is 0 Å². The van der Waals surface area contributed by atoms with Gasteiger partial charge in [-0.1, -0.05) is 36.3 Å². The molecule has 2 heteroatoms. The van der Waals surface area contributed by atoms with E-state index in [1.54, 1.807) is 0 Å². The smallest absolute Gasteiger partial charge is 0.148 e. The molecule has 1 aromatic rings. The summed E-state index contributed by atoms with van der Waals surface area (Å²) in [4.78, 5) is 0. The van der Waals surface area contributed by atoms with Crippen LogP contribution >= 0.6 is 0 Å². The van der Waals surface area contributed by atoms with Crippen molar-refractivity contribution in [2.45, 2.75) is 13.5 Å². The monoisotopic (exact) mass is 215 g/mol. The molecule has 0 amide bonds. The summed E-state index contributed by atoms with van der Waals surface area (Å²) in [5, 5.41) is 3.29. The minimum absolute atomic E-state index is 0.303. The Bertz CT molecular complexity index is 390. The molecule has 1 aromatic carbocycles. The van der Waals surface area contributed by atoms with E-state index in [4.69, 9.17) is 11.2 Å². The van der Waals surface area contributed by atoms with Gasteiger partial charge >= 0.3 is 0 Å². The molecule has 0 heterocycles. The van der Waals surface area contributed by atoms with Gasteiger partial charge in [0.2, 0.25) is 0 Å². The van der Waals surface area contributed by atoms with E-state index in [0.29, 0.717) is 6.61 Å². The molecule has 0 aliphatic heterocycles. The maximum atomic E-state index is 5.45. The molecule has 1 N–H and O–H groups in total. The number of ether oxygens (including phenoxy) is 1. The summed E-state index contributed by atoms with van der Waals surface area (Å²) >= 11 is 0. The van der Waals surface area contributed by atoms with Crippen LogP contribution in [0.4, 0.5) is 0 Å². The third-order valence-electron chi connectivity index (χ3n) is 2.03. The zero-order valence-corrected chi connectivity index (χ0v) is 9.62. The largest absolute Gasteiger partial charge is 0.481 e. The summed E-state index contributed by atoms with van der Waals surface area (Å²) < 4.78 is 5.45. The highest BCUT2D eigenvalue weighted by Gasteiger charge is 2.01. The fraction of sp³-hybridized carbons (Fsp3) is 0.286. The molecule has 1 rings (SSSR count). The van der Waals surface area contributed by atoms with Crippen molar-refractivity contribution in [2.75, 3.05) is 13.2 Å². The summed E-state index contributed by atoms with van der Waals surface area (Å²) in [6.07, 6.45) is 5.16. The Morgan fingerprint density at radius 3 is 2.94 bits per heavy atom. The van der Waals surface area contributed by atoms with Crippen LogP contribution < -0.4 is 10.1 Å². The molecule has 16 heavy (non-hydrogen) atoms. The molecule has 84 valence electrons. The van der Waals surface area contributed by atoms with Crippen LogP contribution in [0.5, 0.6) is 5.75 Å². The zero-order chi connectivity index (χ0) is 11.8. The molecule has 0 saturated heterocycles. The summed E-state index contributed by atoms with van der Waals surface area (Å²) in [6.45, 7) is 7.70. The number of hydrogen-bond donors (Lipinski definition) is 1. The van der Waals surface area contributed by atoms with E-state index in [1.807, 2.05) is 31.2 Å². The second-order valence-electron chi connectivity index (χ2n) is 3.66. The molecular weight excluding hydrogens is 198 g/mol. The number of benzene rings is 1. The van der Waals surface area contributed by atoms with E-state index in [2.05, 4.69) is 17.8 Å². The highest BCUT2D eigenvalue weighted by atomic mass is 16.5. The van der Waals surface area contributed by atoms with Gasteiger partial charge in [0, 0.05) is 18.7 Å². The lowest BCUT2D eigenvalue weighted by Gasteiger charge is -2.10. The van der Waals surface area contributed by atoms with Crippen LogP contribution in [-0.4, -0.2) is 13.2 Å². The lowest BCUT2D eigenvalue weighted by Crippen LogP contribution is -2.15. The molecule has 0 unspecified atom stereocenters. The van der Waals surface area contributed by atoms with Crippen LogP contribution in [0.1, 0.15) is 12.5 Å². The van der Waals surface area contributed by atoms with Crippen LogP contribution in [0.25, 0.3) is 0 Å². The lowest BCUT2D eigenvalue weighted by atomic mass is 10.2. The van der Waals surface area contributed by atoms with E-state index < -0.39 is 0 Å². The fourth-order valence-electron chi connectivity index (χ4n) is 1.32. The van der Waals surface area contributed by atoms with Crippen molar-refractivity contribution in [3.05, 3.63) is 42.0 Å². The van der Waals surface area contributed by atoms with Crippen molar-refractivity contribution in [1.82, 2.24) is 5.32 Å². The van der Waals surface area contributed by atoms with Crippen molar-refractivity contribution < 1.29 is 4.74 Å². The number of para-hydroxylation sites is 1. The summed E-state index contributed by atoms with van der Waals surface area (Å²) in [5.74, 6) is 3.30. The third kappa shape index (κ3) is 4.20. The maximum Gasteiger partial charge on any atom is 0.148 e. The average molecular weight is 215 g/mol. The highest BCUT2D eigenvalue weighted by Crippen LogP contribution is 2.17. The summed E-state index contributed by atoms with van der Waals surface area (Å²) in [6, 6.07) is 7.88. The first-order valence-corrected chi connectivity index (χ1v) is 5.23. The number of nitrogens with one attached hydrogen (secondary N) is 1. The zero-order valence-electron chi connectivity index (χ0n) is 9.62. The van der Waals surface area contributed by atoms with E-state index in [9.17, 15) is 0 Å². The molecule has 0 aliphatic rings. The van der Waals surface area contributed by atoms with E-state index >= 15 is 0 Å². The van der Waals surface area contributed by atoms with Gasteiger partial charge in [-0.25, -0.2) is 0 Å². The molecule has 0 atom stereocenters. The van der Waals surface area contributed by atoms with Gasteiger partial charge in [-0.3, -0.25) is 0 Å². The van der Waals surface area contributed by atoms with Gasteiger partial charge in [0.05, 0.1) is 0 Å². The highest BCUT2D eigenvalue weighted by molar-refractivity contribution is 5.33. The first kappa shape index (κ1) is 12.4. The summed E-state index contributed by atoms with van der Waals surface area (Å²) in [5.41, 5.74) is 2.22. The number of terminal acetylenes is 1. The topological polar surface area (TPSA) is 21.3 Å². The molecule has 0 aromatic heterocycles. The standard InChI is InChI=1S/C14H17NO/c1-4-9-16-14-8-6-5-7-13(14)11-15-10-12(2)3/h1,5-8,15H,2,9-11H2,3H3. The molecule has 0 fully saturated rings. The van der Waals surface area contributed by atoms with E-state index in [0.717, 1.165) is 30.0 Å². The Hall–Kier alpha value is -1.72. The van der Waals surface area contributed by atoms with Gasteiger partial charge in [-0.05, 0) is 13.0 Å². The van der Waals surface area contributed by atoms with Crippen LogP contribution in [0, 0.1) is 12.3 Å². The second kappa shape index (κ2) is 6.71. The first-order chi connectivity index (χ1) is 7.74. The molecule has 0 saturated carbocycles. The normalized spacial score (nSPS) is 9.50. The van der Waals surface area contributed by atoms with Crippen molar-refractivity contribution in [3.63, 3.8) is 0 Å². The van der Waals surface area contributed by atoms with Gasteiger partial charge in [0.15, 0.2) is 0 Å². The molecule has 2 nitrogen and oxygen atoms in total. The first-order valence-electron chi connectivity index (χ1n) is 5.23. The Kier molecular flexibility index (Phi) is 5.18. The summed E-state index contributed by atoms with van der Waals surface area (Å²) in [7, 11) is 0. The van der Waals surface area contributed by atoms with Crippen LogP contribution in [0.3, 0.4) is 0 Å².